The van der Waals surface area contributed by atoms with Gasteiger partial charge in [-0.3, -0.25) is 9.59 Å². The van der Waals surface area contributed by atoms with Crippen molar-refractivity contribution in [2.45, 2.75) is 25.2 Å². The molecule has 2 amide bonds. The lowest BCUT2D eigenvalue weighted by Gasteiger charge is -2.34. The van der Waals surface area contributed by atoms with Crippen LogP contribution in [0.1, 0.15) is 34.3 Å². The molecule has 0 bridgehead atoms. The van der Waals surface area contributed by atoms with Gasteiger partial charge in [-0.1, -0.05) is 15.9 Å². The topological polar surface area (TPSA) is 62.3 Å². The standard InChI is InChI=1S/C19H17BrFN3O2/c1-11-6-15(21)17(22-8-11)23-16(25)9-24-10-19(4-5-19)14-7-12(20)2-3-13(14)18(24)26/h2-3,6-8H,4-5,9-10H2,1H3,(H,22,23,25). The number of nitrogens with zero attached hydrogens (tertiary/aromatic N) is 2. The van der Waals surface area contributed by atoms with E-state index in [1.807, 2.05) is 12.1 Å². The average molecular weight is 418 g/mol. The summed E-state index contributed by atoms with van der Waals surface area (Å²) in [4.78, 5) is 30.6. The number of aryl methyl sites for hydroxylation is 1. The maximum absolute atomic E-state index is 13.9. The van der Waals surface area contributed by atoms with Crippen LogP contribution in [0.3, 0.4) is 0 Å². The highest BCUT2D eigenvalue weighted by atomic mass is 79.9. The normalized spacial score (nSPS) is 17.2. The molecular formula is C19H17BrFN3O2. The predicted octanol–water partition coefficient (Wildman–Crippen LogP) is 3.42. The number of rotatable bonds is 3. The number of hydrogen-bond acceptors (Lipinski definition) is 3. The van der Waals surface area contributed by atoms with E-state index in [0.717, 1.165) is 22.9 Å². The summed E-state index contributed by atoms with van der Waals surface area (Å²) >= 11 is 3.46. The number of halogens is 2. The van der Waals surface area contributed by atoms with Crippen molar-refractivity contribution in [2.75, 3.05) is 18.4 Å². The van der Waals surface area contributed by atoms with Crippen LogP contribution in [0.4, 0.5) is 10.2 Å². The number of benzene rings is 1. The molecule has 1 spiro atoms. The smallest absolute Gasteiger partial charge is 0.254 e. The van der Waals surface area contributed by atoms with E-state index in [1.165, 1.54) is 12.3 Å². The van der Waals surface area contributed by atoms with Crippen molar-refractivity contribution in [1.82, 2.24) is 9.88 Å². The minimum Gasteiger partial charge on any atom is -0.328 e. The fourth-order valence-corrected chi connectivity index (χ4v) is 3.87. The zero-order chi connectivity index (χ0) is 18.5. The van der Waals surface area contributed by atoms with Crippen LogP contribution in [-0.2, 0) is 10.2 Å². The molecule has 1 saturated carbocycles. The van der Waals surface area contributed by atoms with Crippen LogP contribution >= 0.6 is 15.9 Å². The third-order valence-corrected chi connectivity index (χ3v) is 5.48. The number of fused-ring (bicyclic) bond motifs is 2. The molecule has 1 N–H and O–H groups in total. The Bertz CT molecular complexity index is 927. The summed E-state index contributed by atoms with van der Waals surface area (Å²) in [5.41, 5.74) is 2.31. The zero-order valence-corrected chi connectivity index (χ0v) is 15.8. The van der Waals surface area contributed by atoms with Gasteiger partial charge in [-0.25, -0.2) is 9.37 Å². The van der Waals surface area contributed by atoms with Gasteiger partial charge in [0.05, 0.1) is 0 Å². The monoisotopic (exact) mass is 417 g/mol. The van der Waals surface area contributed by atoms with E-state index in [9.17, 15) is 14.0 Å². The van der Waals surface area contributed by atoms with E-state index in [1.54, 1.807) is 17.9 Å². The molecule has 2 aliphatic rings. The van der Waals surface area contributed by atoms with Crippen LogP contribution in [0, 0.1) is 12.7 Å². The Morgan fingerprint density at radius 2 is 2.15 bits per heavy atom. The summed E-state index contributed by atoms with van der Waals surface area (Å²) in [6.45, 7) is 2.11. The molecular weight excluding hydrogens is 401 g/mol. The number of hydrogen-bond donors (Lipinski definition) is 1. The zero-order valence-electron chi connectivity index (χ0n) is 14.2. The van der Waals surface area contributed by atoms with Crippen molar-refractivity contribution in [3.05, 3.63) is 57.4 Å². The van der Waals surface area contributed by atoms with E-state index in [-0.39, 0.29) is 23.7 Å². The molecule has 0 unspecified atom stereocenters. The van der Waals surface area contributed by atoms with Gasteiger partial charge in [0.25, 0.3) is 5.91 Å². The van der Waals surface area contributed by atoms with E-state index >= 15 is 0 Å². The van der Waals surface area contributed by atoms with Gasteiger partial charge in [-0.15, -0.1) is 0 Å². The first-order valence-electron chi connectivity index (χ1n) is 8.39. The fourth-order valence-electron chi connectivity index (χ4n) is 3.51. The first-order chi connectivity index (χ1) is 12.4. The van der Waals surface area contributed by atoms with E-state index < -0.39 is 11.7 Å². The van der Waals surface area contributed by atoms with Gasteiger partial charge in [0, 0.05) is 28.2 Å². The Kier molecular flexibility index (Phi) is 4.06. The molecule has 0 saturated heterocycles. The Labute approximate surface area is 158 Å². The summed E-state index contributed by atoms with van der Waals surface area (Å²) < 4.78 is 14.8. The van der Waals surface area contributed by atoms with Gasteiger partial charge in [-0.05, 0) is 55.2 Å². The number of amides is 2. The maximum Gasteiger partial charge on any atom is 0.254 e. The largest absolute Gasteiger partial charge is 0.328 e. The van der Waals surface area contributed by atoms with Crippen molar-refractivity contribution in [1.29, 1.82) is 0 Å². The number of carbonyl (C=O) groups excluding carboxylic acids is 2. The Morgan fingerprint density at radius 3 is 2.85 bits per heavy atom. The molecule has 7 heteroatoms. The fraction of sp³-hybridized carbons (Fsp3) is 0.316. The van der Waals surface area contributed by atoms with Gasteiger partial charge in [0.2, 0.25) is 5.91 Å². The molecule has 0 atom stereocenters. The summed E-state index contributed by atoms with van der Waals surface area (Å²) in [6.07, 6.45) is 3.48. The summed E-state index contributed by atoms with van der Waals surface area (Å²) in [5.74, 6) is -1.32. The Morgan fingerprint density at radius 1 is 1.38 bits per heavy atom. The third kappa shape index (κ3) is 3.00. The van der Waals surface area contributed by atoms with Crippen molar-refractivity contribution in [3.8, 4) is 0 Å². The lowest BCUT2D eigenvalue weighted by molar-refractivity contribution is -0.117. The molecule has 1 aliphatic carbocycles. The number of carbonyl (C=O) groups is 2. The first kappa shape index (κ1) is 17.1. The number of anilines is 1. The summed E-state index contributed by atoms with van der Waals surface area (Å²) in [6, 6.07) is 6.94. The number of nitrogens with one attached hydrogen (secondary N) is 1. The highest BCUT2D eigenvalue weighted by Gasteiger charge is 2.51. The van der Waals surface area contributed by atoms with Crippen LogP contribution in [-0.4, -0.2) is 34.8 Å². The van der Waals surface area contributed by atoms with E-state index in [2.05, 4.69) is 26.2 Å². The maximum atomic E-state index is 13.9. The van der Waals surface area contributed by atoms with Gasteiger partial charge in [0.1, 0.15) is 6.54 Å². The second kappa shape index (κ2) is 6.16. The Balaban J connectivity index is 1.53. The molecule has 1 aliphatic heterocycles. The molecule has 0 radical (unpaired) electrons. The second-order valence-corrected chi connectivity index (χ2v) is 7.94. The first-order valence-corrected chi connectivity index (χ1v) is 9.19. The molecule has 26 heavy (non-hydrogen) atoms. The SMILES string of the molecule is Cc1cnc(NC(=O)CN2CC3(CC3)c3cc(Br)ccc3C2=O)c(F)c1. The molecule has 134 valence electrons. The minimum absolute atomic E-state index is 0.0549. The van der Waals surface area contributed by atoms with Gasteiger partial charge < -0.3 is 10.2 Å². The van der Waals surface area contributed by atoms with Crippen LogP contribution in [0.15, 0.2) is 34.9 Å². The highest BCUT2D eigenvalue weighted by molar-refractivity contribution is 9.10. The van der Waals surface area contributed by atoms with Crippen LogP contribution in [0.25, 0.3) is 0 Å². The lowest BCUT2D eigenvalue weighted by atomic mass is 9.86. The second-order valence-electron chi connectivity index (χ2n) is 7.02. The van der Waals surface area contributed by atoms with Crippen molar-refractivity contribution >= 4 is 33.6 Å². The third-order valence-electron chi connectivity index (χ3n) is 4.99. The van der Waals surface area contributed by atoms with E-state index in [4.69, 9.17) is 0 Å². The van der Waals surface area contributed by atoms with Gasteiger partial charge in [0.15, 0.2) is 11.6 Å². The van der Waals surface area contributed by atoms with E-state index in [0.29, 0.717) is 17.7 Å². The molecule has 1 fully saturated rings. The average Bonchev–Trinajstić information content (AvgIpc) is 3.35. The van der Waals surface area contributed by atoms with Crippen molar-refractivity contribution in [2.24, 2.45) is 0 Å². The number of pyridine rings is 1. The molecule has 1 aromatic heterocycles. The molecule has 2 aromatic rings. The predicted molar refractivity (Wildman–Crippen MR) is 98.5 cm³/mol. The van der Waals surface area contributed by atoms with Crippen LogP contribution in [0.2, 0.25) is 0 Å². The van der Waals surface area contributed by atoms with Gasteiger partial charge >= 0.3 is 0 Å². The summed E-state index contributed by atoms with van der Waals surface area (Å²) in [5, 5.41) is 2.46. The number of aromatic nitrogens is 1. The lowest BCUT2D eigenvalue weighted by Crippen LogP contribution is -2.46. The molecule has 5 nitrogen and oxygen atoms in total. The quantitative estimate of drug-likeness (QED) is 0.831. The van der Waals surface area contributed by atoms with Crippen LogP contribution in [0.5, 0.6) is 0 Å². The van der Waals surface area contributed by atoms with Crippen molar-refractivity contribution in [3.63, 3.8) is 0 Å². The van der Waals surface area contributed by atoms with Crippen LogP contribution < -0.4 is 5.32 Å². The Hall–Kier alpha value is -2.28. The van der Waals surface area contributed by atoms with Crippen molar-refractivity contribution < 1.29 is 14.0 Å². The summed E-state index contributed by atoms with van der Waals surface area (Å²) in [7, 11) is 0. The molecule has 4 rings (SSSR count). The molecule has 1 aromatic carbocycles. The minimum atomic E-state index is -0.586. The van der Waals surface area contributed by atoms with Gasteiger partial charge in [-0.2, -0.15) is 0 Å². The highest BCUT2D eigenvalue weighted by Crippen LogP contribution is 2.52. The molecule has 2 heterocycles.